The van der Waals surface area contributed by atoms with Gasteiger partial charge in [-0.3, -0.25) is 9.98 Å². The first-order chi connectivity index (χ1) is 8.83. The third kappa shape index (κ3) is 2.07. The minimum absolute atomic E-state index is 0.329. The lowest BCUT2D eigenvalue weighted by atomic mass is 10.1. The quantitative estimate of drug-likeness (QED) is 0.789. The van der Waals surface area contributed by atoms with E-state index in [1.165, 1.54) is 17.8 Å². The van der Waals surface area contributed by atoms with Gasteiger partial charge in [0, 0.05) is 0 Å². The van der Waals surface area contributed by atoms with E-state index < -0.39 is 0 Å². The van der Waals surface area contributed by atoms with E-state index in [-0.39, 0.29) is 5.82 Å². The Morgan fingerprint density at radius 3 is 2.56 bits per heavy atom. The minimum atomic E-state index is -0.329. The monoisotopic (exact) mass is 238 g/mol. The molecule has 0 saturated carbocycles. The summed E-state index contributed by atoms with van der Waals surface area (Å²) in [6.07, 6.45) is 3.22. The number of hydrogen-bond donors (Lipinski definition) is 0. The molecule has 0 bridgehead atoms. The van der Waals surface area contributed by atoms with Crippen molar-refractivity contribution >= 4 is 11.3 Å². The van der Waals surface area contributed by atoms with Crippen molar-refractivity contribution in [3.8, 4) is 0 Å². The maximum Gasteiger partial charge on any atom is 0.141 e. The first-order valence-electron chi connectivity index (χ1n) is 5.75. The third-order valence-electron chi connectivity index (χ3n) is 2.87. The molecule has 3 rings (SSSR count). The van der Waals surface area contributed by atoms with Gasteiger partial charge in [-0.15, -0.1) is 0 Å². The summed E-state index contributed by atoms with van der Waals surface area (Å²) < 4.78 is 12.8. The molecule has 2 aromatic rings. The normalized spacial score (nSPS) is 14.3. The number of halogens is 1. The Morgan fingerprint density at radius 2 is 1.83 bits per heavy atom. The molecule has 0 unspecified atom stereocenters. The average molecular weight is 238 g/mol. The molecule has 0 atom stereocenters. The van der Waals surface area contributed by atoms with Crippen molar-refractivity contribution in [3.63, 3.8) is 0 Å². The lowest BCUT2D eigenvalue weighted by Gasteiger charge is -1.98. The Kier molecular flexibility index (Phi) is 2.73. The van der Waals surface area contributed by atoms with Crippen LogP contribution in [0.25, 0.3) is 5.57 Å². The molecule has 0 saturated heterocycles. The summed E-state index contributed by atoms with van der Waals surface area (Å²) in [4.78, 5) is 8.47. The van der Waals surface area contributed by atoms with Crippen molar-refractivity contribution in [2.45, 2.75) is 0 Å². The molecule has 88 valence electrons. The molecule has 18 heavy (non-hydrogen) atoms. The second-order valence-corrected chi connectivity index (χ2v) is 4.10. The fourth-order valence-corrected chi connectivity index (χ4v) is 1.94. The van der Waals surface area contributed by atoms with E-state index in [1.807, 2.05) is 24.3 Å². The lowest BCUT2D eigenvalue weighted by Crippen LogP contribution is -1.97. The van der Waals surface area contributed by atoms with E-state index in [9.17, 15) is 4.39 Å². The van der Waals surface area contributed by atoms with Crippen LogP contribution in [0.3, 0.4) is 0 Å². The summed E-state index contributed by atoms with van der Waals surface area (Å²) >= 11 is 0. The van der Waals surface area contributed by atoms with Crippen molar-refractivity contribution in [2.75, 3.05) is 6.54 Å². The molecule has 1 aromatic carbocycles. The number of benzene rings is 1. The zero-order valence-corrected chi connectivity index (χ0v) is 9.68. The minimum Gasteiger partial charge on any atom is -0.278 e. The number of allylic oxidation sites excluding steroid dienone is 1. The van der Waals surface area contributed by atoms with Crippen LogP contribution in [0.5, 0.6) is 0 Å². The number of aliphatic imine (C=N–C) groups is 1. The van der Waals surface area contributed by atoms with E-state index in [1.54, 1.807) is 6.07 Å². The molecule has 1 aliphatic heterocycles. The molecule has 2 heterocycles. The first kappa shape index (κ1) is 10.8. The summed E-state index contributed by atoms with van der Waals surface area (Å²) in [7, 11) is 0. The van der Waals surface area contributed by atoms with Crippen LogP contribution >= 0.6 is 0 Å². The highest BCUT2D eigenvalue weighted by atomic mass is 19.1. The van der Waals surface area contributed by atoms with Crippen molar-refractivity contribution in [3.05, 3.63) is 71.8 Å². The highest BCUT2D eigenvalue weighted by molar-refractivity contribution is 6.13. The van der Waals surface area contributed by atoms with E-state index >= 15 is 0 Å². The van der Waals surface area contributed by atoms with Crippen LogP contribution < -0.4 is 0 Å². The molecule has 0 fully saturated rings. The van der Waals surface area contributed by atoms with E-state index in [0.717, 1.165) is 11.3 Å². The van der Waals surface area contributed by atoms with Crippen LogP contribution in [0.4, 0.5) is 4.39 Å². The molecule has 0 N–H and O–H groups in total. The largest absolute Gasteiger partial charge is 0.278 e. The smallest absolute Gasteiger partial charge is 0.141 e. The highest BCUT2D eigenvalue weighted by Crippen LogP contribution is 2.20. The van der Waals surface area contributed by atoms with E-state index in [4.69, 9.17) is 0 Å². The number of rotatable bonds is 2. The Morgan fingerprint density at radius 1 is 1.00 bits per heavy atom. The van der Waals surface area contributed by atoms with Crippen LogP contribution in [0.1, 0.15) is 11.3 Å². The molecule has 0 amide bonds. The maximum atomic E-state index is 12.8. The van der Waals surface area contributed by atoms with Crippen molar-refractivity contribution < 1.29 is 4.39 Å². The fourth-order valence-electron chi connectivity index (χ4n) is 1.94. The predicted octanol–water partition coefficient (Wildman–Crippen LogP) is 3.11. The summed E-state index contributed by atoms with van der Waals surface area (Å²) in [5.74, 6) is -0.329. The van der Waals surface area contributed by atoms with Gasteiger partial charge in [0.2, 0.25) is 0 Å². The molecule has 1 aliphatic rings. The van der Waals surface area contributed by atoms with Crippen molar-refractivity contribution in [1.29, 1.82) is 0 Å². The average Bonchev–Trinajstić information content (AvgIpc) is 2.90. The van der Waals surface area contributed by atoms with Crippen molar-refractivity contribution in [2.24, 2.45) is 4.99 Å². The van der Waals surface area contributed by atoms with Crippen LogP contribution in [0.15, 0.2) is 59.7 Å². The van der Waals surface area contributed by atoms with Gasteiger partial charge in [0.25, 0.3) is 0 Å². The summed E-state index contributed by atoms with van der Waals surface area (Å²) in [5.41, 5.74) is 3.85. The SMILES string of the molecule is Fc1ccc(C2=NCC(c3ccccc3)=C2)nc1. The Hall–Kier alpha value is -2.29. The Balaban J connectivity index is 1.89. The van der Waals surface area contributed by atoms with Gasteiger partial charge in [-0.1, -0.05) is 30.3 Å². The first-order valence-corrected chi connectivity index (χ1v) is 5.75. The molecular weight excluding hydrogens is 227 g/mol. The lowest BCUT2D eigenvalue weighted by molar-refractivity contribution is 0.621. The summed E-state index contributed by atoms with van der Waals surface area (Å²) in [5, 5.41) is 0. The Bertz CT molecular complexity index is 613. The topological polar surface area (TPSA) is 25.2 Å². The number of aromatic nitrogens is 1. The van der Waals surface area contributed by atoms with Crippen molar-refractivity contribution in [1.82, 2.24) is 4.98 Å². The van der Waals surface area contributed by atoms with Gasteiger partial charge in [-0.05, 0) is 29.3 Å². The molecule has 0 radical (unpaired) electrons. The van der Waals surface area contributed by atoms with Gasteiger partial charge in [0.15, 0.2) is 0 Å². The maximum absolute atomic E-state index is 12.8. The second kappa shape index (κ2) is 4.53. The van der Waals surface area contributed by atoms with Gasteiger partial charge >= 0.3 is 0 Å². The summed E-state index contributed by atoms with van der Waals surface area (Å²) in [6.45, 7) is 0.651. The number of pyridine rings is 1. The van der Waals surface area contributed by atoms with E-state index in [0.29, 0.717) is 12.2 Å². The third-order valence-corrected chi connectivity index (χ3v) is 2.87. The Labute approximate surface area is 105 Å². The van der Waals surface area contributed by atoms with Crippen LogP contribution in [-0.4, -0.2) is 17.2 Å². The zero-order chi connectivity index (χ0) is 12.4. The molecule has 0 aliphatic carbocycles. The highest BCUT2D eigenvalue weighted by Gasteiger charge is 2.12. The molecule has 3 heteroatoms. The molecule has 0 spiro atoms. The van der Waals surface area contributed by atoms with Gasteiger partial charge < -0.3 is 0 Å². The predicted molar refractivity (Wildman–Crippen MR) is 70.0 cm³/mol. The second-order valence-electron chi connectivity index (χ2n) is 4.10. The van der Waals surface area contributed by atoms with Gasteiger partial charge in [0.05, 0.1) is 24.1 Å². The van der Waals surface area contributed by atoms with Crippen LogP contribution in [0.2, 0.25) is 0 Å². The fraction of sp³-hybridized carbons (Fsp3) is 0.0667. The van der Waals surface area contributed by atoms with E-state index in [2.05, 4.69) is 22.1 Å². The number of nitrogens with zero attached hydrogens (tertiary/aromatic N) is 2. The van der Waals surface area contributed by atoms with Crippen LogP contribution in [0, 0.1) is 5.82 Å². The van der Waals surface area contributed by atoms with Gasteiger partial charge in [-0.25, -0.2) is 4.39 Å². The van der Waals surface area contributed by atoms with Crippen LogP contribution in [-0.2, 0) is 0 Å². The molecule has 2 nitrogen and oxygen atoms in total. The van der Waals surface area contributed by atoms with Gasteiger partial charge in [0.1, 0.15) is 5.82 Å². The molecular formula is C15H11FN2. The standard InChI is InChI=1S/C15H11FN2/c16-13-6-7-14(18-10-13)15-8-12(9-17-15)11-4-2-1-3-5-11/h1-8,10H,9H2. The van der Waals surface area contributed by atoms with Gasteiger partial charge in [-0.2, -0.15) is 0 Å². The zero-order valence-electron chi connectivity index (χ0n) is 9.68. The summed E-state index contributed by atoms with van der Waals surface area (Å²) in [6, 6.07) is 13.2. The molecule has 1 aromatic heterocycles. The number of hydrogen-bond acceptors (Lipinski definition) is 2.